The van der Waals surface area contributed by atoms with Gasteiger partial charge >= 0.3 is 0 Å². The van der Waals surface area contributed by atoms with Gasteiger partial charge in [-0.25, -0.2) is 0 Å². The summed E-state index contributed by atoms with van der Waals surface area (Å²) in [5, 5.41) is 2.49. The van der Waals surface area contributed by atoms with Crippen LogP contribution in [0.1, 0.15) is 30.5 Å². The number of nitrogens with zero attached hydrogens (tertiary/aromatic N) is 1. The van der Waals surface area contributed by atoms with Crippen molar-refractivity contribution in [2.24, 2.45) is 5.92 Å². The van der Waals surface area contributed by atoms with Crippen LogP contribution in [0.2, 0.25) is 0 Å². The van der Waals surface area contributed by atoms with Gasteiger partial charge < -0.3 is 4.90 Å². The van der Waals surface area contributed by atoms with Crippen molar-refractivity contribution < 1.29 is 0 Å². The van der Waals surface area contributed by atoms with E-state index in [1.807, 2.05) is 12.2 Å². The maximum atomic E-state index is 3.91. The Morgan fingerprint density at radius 1 is 0.824 bits per heavy atom. The highest BCUT2D eigenvalue weighted by Gasteiger charge is 2.31. The average molecular weight is 440 g/mol. The Balaban J connectivity index is 1.75. The van der Waals surface area contributed by atoms with Crippen LogP contribution in [0.3, 0.4) is 0 Å². The molecular formula is C33H29N. The summed E-state index contributed by atoms with van der Waals surface area (Å²) in [7, 11) is 0. The first-order valence-corrected chi connectivity index (χ1v) is 12.0. The lowest BCUT2D eigenvalue weighted by atomic mass is 9.79. The van der Waals surface area contributed by atoms with Crippen molar-refractivity contribution in [2.45, 2.75) is 26.3 Å². The molecule has 0 spiro atoms. The highest BCUT2D eigenvalue weighted by Crippen LogP contribution is 2.38. The van der Waals surface area contributed by atoms with Gasteiger partial charge in [-0.15, -0.1) is 0 Å². The van der Waals surface area contributed by atoms with Crippen LogP contribution >= 0.6 is 0 Å². The summed E-state index contributed by atoms with van der Waals surface area (Å²) in [6.07, 6.45) is 9.42. The number of rotatable bonds is 6. The van der Waals surface area contributed by atoms with Crippen LogP contribution in [0.25, 0.3) is 23.5 Å². The van der Waals surface area contributed by atoms with E-state index in [9.17, 15) is 0 Å². The molecule has 5 rings (SSSR count). The van der Waals surface area contributed by atoms with Crippen molar-refractivity contribution in [3.8, 4) is 0 Å². The molecule has 166 valence electrons. The van der Waals surface area contributed by atoms with E-state index < -0.39 is 0 Å². The minimum absolute atomic E-state index is 0.0147. The lowest BCUT2D eigenvalue weighted by Gasteiger charge is -2.37. The number of aryl methyl sites for hydroxylation is 1. The molecule has 0 bridgehead atoms. The zero-order chi connectivity index (χ0) is 23.7. The summed E-state index contributed by atoms with van der Waals surface area (Å²) in [5.74, 6) is 0.320. The second-order valence-corrected chi connectivity index (χ2v) is 8.85. The summed E-state index contributed by atoms with van der Waals surface area (Å²) in [4.78, 5) is 2.39. The Kier molecular flexibility index (Phi) is 5.83. The van der Waals surface area contributed by atoms with Crippen LogP contribution in [0.15, 0.2) is 103 Å². The lowest BCUT2D eigenvalue weighted by Crippen LogP contribution is -2.40. The first kappa shape index (κ1) is 21.8. The highest BCUT2D eigenvalue weighted by molar-refractivity contribution is 5.80. The number of hydrogen-bond acceptors (Lipinski definition) is 1. The van der Waals surface area contributed by atoms with Crippen LogP contribution in [-0.2, 0) is 6.42 Å². The second kappa shape index (κ2) is 9.08. The van der Waals surface area contributed by atoms with E-state index >= 15 is 0 Å². The van der Waals surface area contributed by atoms with E-state index in [0.717, 1.165) is 34.1 Å². The normalized spacial score (nSPS) is 17.8. The van der Waals surface area contributed by atoms with Crippen LogP contribution in [0, 0.1) is 5.92 Å². The number of hydrogen-bond donors (Lipinski definition) is 0. The topological polar surface area (TPSA) is 3.24 Å². The molecule has 3 aromatic rings. The number of anilines is 2. The molecule has 2 aliphatic rings. The summed E-state index contributed by atoms with van der Waals surface area (Å²) in [6.45, 7) is 12.3. The molecule has 1 heteroatoms. The van der Waals surface area contributed by atoms with Crippen LogP contribution in [-0.4, -0.2) is 6.04 Å². The molecule has 1 nitrogen and oxygen atoms in total. The van der Waals surface area contributed by atoms with Crippen molar-refractivity contribution in [3.63, 3.8) is 0 Å². The highest BCUT2D eigenvalue weighted by atomic mass is 15.2. The zero-order valence-electron chi connectivity index (χ0n) is 19.9. The van der Waals surface area contributed by atoms with Crippen LogP contribution in [0.5, 0.6) is 0 Å². The minimum atomic E-state index is 0.0147. The fraction of sp³-hybridized carbons (Fsp3) is 0.152. The van der Waals surface area contributed by atoms with Crippen molar-refractivity contribution >= 4 is 34.8 Å². The Bertz CT molecular complexity index is 1430. The number of allylic oxidation sites excluding steroid dienone is 1. The Hall–Kier alpha value is -4.02. The fourth-order valence-electron chi connectivity index (χ4n) is 5.05. The summed E-state index contributed by atoms with van der Waals surface area (Å²) in [5.41, 5.74) is 15.5. The molecule has 3 aromatic carbocycles. The average Bonchev–Trinajstić information content (AvgIpc) is 2.90. The molecule has 0 saturated heterocycles. The van der Waals surface area contributed by atoms with Gasteiger partial charge in [-0.2, -0.15) is 0 Å². The summed E-state index contributed by atoms with van der Waals surface area (Å²) in [6, 6.07) is 23.7. The Morgan fingerprint density at radius 2 is 1.44 bits per heavy atom. The molecule has 0 heterocycles. The third-order valence-corrected chi connectivity index (χ3v) is 6.85. The SMILES string of the molecule is C=Cc1ccc(N(c2ccc(C=C)cc2)C2C=CC(C)C3=c4c(CC)cccc4=C=C=C32)cc1. The largest absolute Gasteiger partial charge is 0.330 e. The zero-order valence-corrected chi connectivity index (χ0v) is 19.9. The number of fused-ring (bicyclic) bond motifs is 2. The quantitative estimate of drug-likeness (QED) is 0.310. The van der Waals surface area contributed by atoms with Gasteiger partial charge in [0.25, 0.3) is 0 Å². The third kappa shape index (κ3) is 3.72. The third-order valence-electron chi connectivity index (χ3n) is 6.85. The van der Waals surface area contributed by atoms with E-state index in [-0.39, 0.29) is 6.04 Å². The van der Waals surface area contributed by atoms with Gasteiger partial charge in [-0.3, -0.25) is 0 Å². The molecule has 2 unspecified atom stereocenters. The van der Waals surface area contributed by atoms with Crippen molar-refractivity contribution in [1.82, 2.24) is 0 Å². The summed E-state index contributed by atoms with van der Waals surface area (Å²) < 4.78 is 0. The van der Waals surface area contributed by atoms with Crippen molar-refractivity contribution in [2.75, 3.05) is 4.90 Å². The molecular weight excluding hydrogens is 410 g/mol. The van der Waals surface area contributed by atoms with Gasteiger partial charge in [0.15, 0.2) is 0 Å². The number of benzene rings is 3. The fourth-order valence-corrected chi connectivity index (χ4v) is 5.05. The van der Waals surface area contributed by atoms with Crippen LogP contribution in [0.4, 0.5) is 11.4 Å². The molecule has 34 heavy (non-hydrogen) atoms. The lowest BCUT2D eigenvalue weighted by molar-refractivity contribution is 0.821. The molecule has 0 amide bonds. The van der Waals surface area contributed by atoms with Gasteiger partial charge in [-0.05, 0) is 64.2 Å². The van der Waals surface area contributed by atoms with Gasteiger partial charge in [0.05, 0.1) is 6.04 Å². The van der Waals surface area contributed by atoms with Gasteiger partial charge in [0.1, 0.15) is 0 Å². The van der Waals surface area contributed by atoms with Gasteiger partial charge in [0, 0.05) is 28.1 Å². The minimum Gasteiger partial charge on any atom is -0.330 e. The van der Waals surface area contributed by atoms with E-state index in [1.165, 1.54) is 21.9 Å². The second-order valence-electron chi connectivity index (χ2n) is 8.85. The predicted octanol–water partition coefficient (Wildman–Crippen LogP) is 6.57. The van der Waals surface area contributed by atoms with E-state index in [1.54, 1.807) is 0 Å². The van der Waals surface area contributed by atoms with Crippen LogP contribution < -0.4 is 15.3 Å². The Morgan fingerprint density at radius 3 is 2.00 bits per heavy atom. The van der Waals surface area contributed by atoms with E-state index in [0.29, 0.717) is 5.92 Å². The molecule has 2 atom stereocenters. The molecule has 0 saturated carbocycles. The van der Waals surface area contributed by atoms with Gasteiger partial charge in [-0.1, -0.05) is 99.2 Å². The monoisotopic (exact) mass is 439 g/mol. The molecule has 0 fully saturated rings. The van der Waals surface area contributed by atoms with Gasteiger partial charge in [0.2, 0.25) is 0 Å². The smallest absolute Gasteiger partial charge is 0.0857 e. The molecule has 2 aliphatic carbocycles. The predicted molar refractivity (Wildman–Crippen MR) is 146 cm³/mol. The van der Waals surface area contributed by atoms with Crippen molar-refractivity contribution in [3.05, 3.63) is 130 Å². The summed E-state index contributed by atoms with van der Waals surface area (Å²) >= 11 is 0. The van der Waals surface area contributed by atoms with Crippen molar-refractivity contribution in [1.29, 1.82) is 0 Å². The standard InChI is InChI=1S/C33H29N/c1-5-24-12-17-28(18-13-24)34(29-19-14-25(6-2)15-20-29)31-22-11-23(4)32-30(31)21-16-27-10-8-9-26(7-3)33(27)32/h5-6,8-15,17-20,22-23,31H,1-2,7H2,3-4H3. The van der Waals surface area contributed by atoms with E-state index in [2.05, 4.69) is 122 Å². The Labute approximate surface area is 202 Å². The maximum Gasteiger partial charge on any atom is 0.0857 e. The molecule has 0 aromatic heterocycles. The molecule has 0 radical (unpaired) electrons. The molecule has 0 aliphatic heterocycles. The maximum absolute atomic E-state index is 3.91. The first-order chi connectivity index (χ1) is 16.6. The molecule has 0 N–H and O–H groups in total. The first-order valence-electron chi connectivity index (χ1n) is 12.0. The van der Waals surface area contributed by atoms with E-state index in [4.69, 9.17) is 0 Å².